The van der Waals surface area contributed by atoms with Crippen LogP contribution in [0.1, 0.15) is 45.4 Å². The van der Waals surface area contributed by atoms with Crippen molar-refractivity contribution in [2.45, 2.75) is 51.6 Å². The number of aliphatic hydroxyl groups is 2. The number of aliphatic hydroxyl groups excluding tert-OH is 2. The molecule has 2 N–H and O–H groups in total. The van der Waals surface area contributed by atoms with Crippen molar-refractivity contribution in [3.05, 3.63) is 0 Å². The van der Waals surface area contributed by atoms with Crippen molar-refractivity contribution in [2.75, 3.05) is 13.2 Å². The Bertz CT molecular complexity index is 164. The van der Waals surface area contributed by atoms with Crippen molar-refractivity contribution < 1.29 is 19.7 Å². The van der Waals surface area contributed by atoms with Crippen LogP contribution in [0.2, 0.25) is 0 Å². The van der Waals surface area contributed by atoms with E-state index in [-0.39, 0.29) is 48.7 Å². The maximum absolute atomic E-state index is 11.1. The predicted molar refractivity (Wildman–Crippen MR) is 63.2 cm³/mol. The van der Waals surface area contributed by atoms with Gasteiger partial charge in [0, 0.05) is 36.0 Å². The van der Waals surface area contributed by atoms with Crippen molar-refractivity contribution in [3.63, 3.8) is 0 Å². The van der Waals surface area contributed by atoms with Crippen molar-refractivity contribution in [2.24, 2.45) is 0 Å². The van der Waals surface area contributed by atoms with E-state index in [1.807, 2.05) is 0 Å². The zero-order valence-electron chi connectivity index (χ0n) is 10.4. The number of esters is 1. The van der Waals surface area contributed by atoms with Gasteiger partial charge in [-0.15, -0.1) is 0 Å². The van der Waals surface area contributed by atoms with Crippen LogP contribution < -0.4 is 0 Å². The molecule has 0 aromatic heterocycles. The molecule has 0 aromatic rings. The molecule has 0 saturated carbocycles. The van der Waals surface area contributed by atoms with Crippen LogP contribution in [0.25, 0.3) is 0 Å². The van der Waals surface area contributed by atoms with Crippen LogP contribution in [0, 0.1) is 0 Å². The maximum Gasteiger partial charge on any atom is 0.305 e. The molecule has 0 amide bonds. The second-order valence-corrected chi connectivity index (χ2v) is 3.68. The van der Waals surface area contributed by atoms with Crippen molar-refractivity contribution in [3.8, 4) is 0 Å². The topological polar surface area (TPSA) is 66.8 Å². The molecule has 0 rings (SSSR count). The number of unbranched alkanes of at least 4 members (excludes halogenated alkanes) is 4. The van der Waals surface area contributed by atoms with Crippen molar-refractivity contribution >= 4 is 35.5 Å². The van der Waals surface area contributed by atoms with Crippen LogP contribution in [-0.4, -0.2) is 65.1 Å². The number of ether oxygens (including phenoxy) is 1. The minimum absolute atomic E-state index is 0. The summed E-state index contributed by atoms with van der Waals surface area (Å²) in [6, 6.07) is 0. The van der Waals surface area contributed by atoms with E-state index in [0.29, 0.717) is 6.42 Å². The Hall–Kier alpha value is 0.390. The molecule has 0 bridgehead atoms. The normalized spacial score (nSPS) is 11.7. The number of hydrogen-bond acceptors (Lipinski definition) is 4. The summed E-state index contributed by atoms with van der Waals surface area (Å²) in [5.74, 6) is -0.293. The summed E-state index contributed by atoms with van der Waals surface area (Å²) in [7, 11) is 0. The summed E-state index contributed by atoms with van der Waals surface area (Å²) in [6.07, 6.45) is 4.89. The molecule has 0 aliphatic rings. The minimum atomic E-state index is -0.950. The van der Waals surface area contributed by atoms with Gasteiger partial charge in [0.25, 0.3) is 0 Å². The molecule has 0 fully saturated rings. The summed E-state index contributed by atoms with van der Waals surface area (Å²) in [6.45, 7) is 1.67. The molecule has 1 atom stereocenters. The van der Waals surface area contributed by atoms with Crippen molar-refractivity contribution in [1.29, 1.82) is 0 Å². The molecule has 0 spiro atoms. The van der Waals surface area contributed by atoms with E-state index in [9.17, 15) is 4.79 Å². The number of rotatable bonds is 9. The van der Waals surface area contributed by atoms with E-state index in [4.69, 9.17) is 14.9 Å². The van der Waals surface area contributed by atoms with Crippen molar-refractivity contribution in [1.82, 2.24) is 0 Å². The predicted octanol–water partition coefficient (Wildman–Crippen LogP) is 0.862. The first-order valence-electron chi connectivity index (χ1n) is 5.65. The first-order chi connectivity index (χ1) is 7.20. The summed E-state index contributed by atoms with van der Waals surface area (Å²) in [4.78, 5) is 11.1. The third-order valence-electron chi connectivity index (χ3n) is 2.13. The molecule has 0 aromatic carbocycles. The van der Waals surface area contributed by atoms with Gasteiger partial charge in [-0.1, -0.05) is 32.6 Å². The van der Waals surface area contributed by atoms with Gasteiger partial charge < -0.3 is 14.9 Å². The molecule has 0 heterocycles. The average Bonchev–Trinajstić information content (AvgIpc) is 2.25. The van der Waals surface area contributed by atoms with Gasteiger partial charge in [0.15, 0.2) is 0 Å². The fourth-order valence-corrected chi connectivity index (χ4v) is 1.19. The SMILES string of the molecule is CCCCCCCC(=O)OCC(O)CO.[Na]. The van der Waals surface area contributed by atoms with Gasteiger partial charge in [-0.2, -0.15) is 0 Å². The number of carbonyl (C=O) groups is 1. The standard InChI is InChI=1S/C11H22O4.Na/c1-2-3-4-5-6-7-11(14)15-9-10(13)8-12;/h10,12-13H,2-9H2,1H3;. The molecule has 91 valence electrons. The van der Waals surface area contributed by atoms with E-state index in [2.05, 4.69) is 6.92 Å². The number of carbonyl (C=O) groups excluding carboxylic acids is 1. The quantitative estimate of drug-likeness (QED) is 0.357. The smallest absolute Gasteiger partial charge is 0.305 e. The van der Waals surface area contributed by atoms with E-state index >= 15 is 0 Å². The Kier molecular flexibility index (Phi) is 15.8. The Labute approximate surface area is 120 Å². The first-order valence-corrected chi connectivity index (χ1v) is 5.65. The minimum Gasteiger partial charge on any atom is -0.463 e. The van der Waals surface area contributed by atoms with Crippen LogP contribution in [0.4, 0.5) is 0 Å². The van der Waals surface area contributed by atoms with E-state index in [1.54, 1.807) is 0 Å². The van der Waals surface area contributed by atoms with Crippen LogP contribution in [0.3, 0.4) is 0 Å². The van der Waals surface area contributed by atoms with Gasteiger partial charge in [-0.3, -0.25) is 4.79 Å². The third kappa shape index (κ3) is 12.5. The molecule has 5 heteroatoms. The maximum atomic E-state index is 11.1. The zero-order chi connectivity index (χ0) is 11.5. The van der Waals surface area contributed by atoms with E-state index in [0.717, 1.165) is 19.3 Å². The largest absolute Gasteiger partial charge is 0.463 e. The summed E-state index contributed by atoms with van der Waals surface area (Å²) in [5, 5.41) is 17.4. The average molecular weight is 241 g/mol. The molecule has 1 radical (unpaired) electrons. The van der Waals surface area contributed by atoms with Gasteiger partial charge in [0.05, 0.1) is 6.61 Å². The van der Waals surface area contributed by atoms with E-state index in [1.165, 1.54) is 12.8 Å². The van der Waals surface area contributed by atoms with Crippen LogP contribution in [0.15, 0.2) is 0 Å². The molecule has 4 nitrogen and oxygen atoms in total. The molecular weight excluding hydrogens is 219 g/mol. The van der Waals surface area contributed by atoms with Gasteiger partial charge in [0.2, 0.25) is 0 Å². The second-order valence-electron chi connectivity index (χ2n) is 3.68. The Balaban J connectivity index is 0. The second kappa shape index (κ2) is 13.5. The van der Waals surface area contributed by atoms with E-state index < -0.39 is 6.10 Å². The third-order valence-corrected chi connectivity index (χ3v) is 2.13. The molecule has 0 aliphatic heterocycles. The Morgan fingerprint density at radius 3 is 2.44 bits per heavy atom. The van der Waals surface area contributed by atoms with Gasteiger partial charge in [-0.05, 0) is 6.42 Å². The fraction of sp³-hybridized carbons (Fsp3) is 0.909. The summed E-state index contributed by atoms with van der Waals surface area (Å²) < 4.78 is 4.75. The Morgan fingerprint density at radius 1 is 1.25 bits per heavy atom. The number of hydrogen-bond donors (Lipinski definition) is 2. The summed E-state index contributed by atoms with van der Waals surface area (Å²) >= 11 is 0. The van der Waals surface area contributed by atoms with Crippen LogP contribution >= 0.6 is 0 Å². The molecular formula is C11H22NaO4. The van der Waals surface area contributed by atoms with Gasteiger partial charge in [0.1, 0.15) is 12.7 Å². The van der Waals surface area contributed by atoms with Gasteiger partial charge in [-0.25, -0.2) is 0 Å². The fourth-order valence-electron chi connectivity index (χ4n) is 1.19. The molecule has 1 unspecified atom stereocenters. The van der Waals surface area contributed by atoms with Crippen LogP contribution in [0.5, 0.6) is 0 Å². The monoisotopic (exact) mass is 241 g/mol. The molecule has 0 saturated heterocycles. The first kappa shape index (κ1) is 18.7. The zero-order valence-corrected chi connectivity index (χ0v) is 12.4. The Morgan fingerprint density at radius 2 is 1.88 bits per heavy atom. The van der Waals surface area contributed by atoms with Crippen LogP contribution in [-0.2, 0) is 9.53 Å². The van der Waals surface area contributed by atoms with Gasteiger partial charge >= 0.3 is 5.97 Å². The summed E-state index contributed by atoms with van der Waals surface area (Å²) in [5.41, 5.74) is 0. The molecule has 0 aliphatic carbocycles. The molecule has 16 heavy (non-hydrogen) atoms.